The van der Waals surface area contributed by atoms with Crippen molar-refractivity contribution < 1.29 is 4.42 Å². The molecule has 0 amide bonds. The lowest BCUT2D eigenvalue weighted by molar-refractivity contribution is 0.358. The SMILES string of the molecule is c1ccc([C@H]2C[C@H](c3ccco3)n3ncnc3N2)cc1. The average molecular weight is 266 g/mol. The van der Waals surface area contributed by atoms with Gasteiger partial charge in [-0.15, -0.1) is 0 Å². The van der Waals surface area contributed by atoms with Crippen LogP contribution in [0.5, 0.6) is 0 Å². The van der Waals surface area contributed by atoms with E-state index in [9.17, 15) is 0 Å². The van der Waals surface area contributed by atoms with Crippen molar-refractivity contribution in [3.8, 4) is 0 Å². The van der Waals surface area contributed by atoms with Gasteiger partial charge >= 0.3 is 0 Å². The van der Waals surface area contributed by atoms with E-state index in [4.69, 9.17) is 4.42 Å². The Balaban J connectivity index is 1.74. The summed E-state index contributed by atoms with van der Waals surface area (Å²) in [6, 6.07) is 14.6. The Labute approximate surface area is 116 Å². The van der Waals surface area contributed by atoms with Gasteiger partial charge in [-0.3, -0.25) is 0 Å². The number of furan rings is 1. The van der Waals surface area contributed by atoms with Crippen LogP contribution in [0.3, 0.4) is 0 Å². The fraction of sp³-hybridized carbons (Fsp3) is 0.200. The Morgan fingerprint density at radius 2 is 2.05 bits per heavy atom. The molecular weight excluding hydrogens is 252 g/mol. The predicted octanol–water partition coefficient (Wildman–Crippen LogP) is 3.02. The maximum atomic E-state index is 5.57. The normalized spacial score (nSPS) is 21.2. The first-order valence-electron chi connectivity index (χ1n) is 6.66. The van der Waals surface area contributed by atoms with Gasteiger partial charge in [0.15, 0.2) is 0 Å². The molecule has 0 saturated heterocycles. The molecule has 5 nitrogen and oxygen atoms in total. The smallest absolute Gasteiger partial charge is 0.222 e. The molecule has 5 heteroatoms. The lowest BCUT2D eigenvalue weighted by Gasteiger charge is -2.30. The fourth-order valence-corrected chi connectivity index (χ4v) is 2.74. The van der Waals surface area contributed by atoms with E-state index in [-0.39, 0.29) is 12.1 Å². The molecule has 3 heterocycles. The molecule has 0 saturated carbocycles. The predicted molar refractivity (Wildman–Crippen MR) is 74.3 cm³/mol. The number of nitrogens with one attached hydrogen (secondary N) is 1. The van der Waals surface area contributed by atoms with Gasteiger partial charge in [-0.2, -0.15) is 10.1 Å². The van der Waals surface area contributed by atoms with Gasteiger partial charge in [0.05, 0.1) is 12.3 Å². The van der Waals surface area contributed by atoms with E-state index < -0.39 is 0 Å². The number of anilines is 1. The van der Waals surface area contributed by atoms with Gasteiger partial charge in [-0.25, -0.2) is 4.68 Å². The zero-order valence-electron chi connectivity index (χ0n) is 10.8. The van der Waals surface area contributed by atoms with Crippen molar-refractivity contribution in [2.24, 2.45) is 0 Å². The third kappa shape index (κ3) is 1.79. The summed E-state index contributed by atoms with van der Waals surface area (Å²) in [4.78, 5) is 4.29. The molecule has 0 fully saturated rings. The summed E-state index contributed by atoms with van der Waals surface area (Å²) >= 11 is 0. The molecule has 0 radical (unpaired) electrons. The van der Waals surface area contributed by atoms with Crippen LogP contribution in [0.15, 0.2) is 59.5 Å². The second kappa shape index (κ2) is 4.52. The zero-order valence-corrected chi connectivity index (χ0v) is 10.8. The van der Waals surface area contributed by atoms with Crippen LogP contribution in [-0.4, -0.2) is 14.8 Å². The van der Waals surface area contributed by atoms with Crippen LogP contribution in [0, 0.1) is 0 Å². The second-order valence-corrected chi connectivity index (χ2v) is 4.90. The molecule has 100 valence electrons. The number of fused-ring (bicyclic) bond motifs is 1. The highest BCUT2D eigenvalue weighted by atomic mass is 16.3. The lowest BCUT2D eigenvalue weighted by atomic mass is 9.96. The van der Waals surface area contributed by atoms with Gasteiger partial charge < -0.3 is 9.73 Å². The van der Waals surface area contributed by atoms with E-state index in [0.717, 1.165) is 18.1 Å². The summed E-state index contributed by atoms with van der Waals surface area (Å²) in [6.45, 7) is 0. The Morgan fingerprint density at radius 1 is 1.15 bits per heavy atom. The molecule has 1 aliphatic heterocycles. The summed E-state index contributed by atoms with van der Waals surface area (Å²) in [7, 11) is 0. The van der Waals surface area contributed by atoms with E-state index >= 15 is 0 Å². The number of hydrogen-bond donors (Lipinski definition) is 1. The van der Waals surface area contributed by atoms with Crippen LogP contribution in [-0.2, 0) is 0 Å². The summed E-state index contributed by atoms with van der Waals surface area (Å²) in [5, 5.41) is 7.74. The van der Waals surface area contributed by atoms with Crippen molar-refractivity contribution in [2.75, 3.05) is 5.32 Å². The summed E-state index contributed by atoms with van der Waals surface area (Å²) in [6.07, 6.45) is 4.16. The number of nitrogens with zero attached hydrogens (tertiary/aromatic N) is 3. The number of rotatable bonds is 2. The Hall–Kier alpha value is -2.56. The first-order chi connectivity index (χ1) is 9.92. The summed E-state index contributed by atoms with van der Waals surface area (Å²) < 4.78 is 7.45. The van der Waals surface area contributed by atoms with Crippen molar-refractivity contribution in [3.63, 3.8) is 0 Å². The van der Waals surface area contributed by atoms with Gasteiger partial charge in [0.2, 0.25) is 5.95 Å². The largest absolute Gasteiger partial charge is 0.467 e. The van der Waals surface area contributed by atoms with Crippen LogP contribution in [0.25, 0.3) is 0 Å². The third-order valence-corrected chi connectivity index (χ3v) is 3.70. The third-order valence-electron chi connectivity index (χ3n) is 3.70. The average Bonchev–Trinajstić information content (AvgIpc) is 3.18. The topological polar surface area (TPSA) is 55.9 Å². The summed E-state index contributed by atoms with van der Waals surface area (Å²) in [5.74, 6) is 1.70. The molecule has 2 aromatic heterocycles. The molecule has 0 spiro atoms. The van der Waals surface area contributed by atoms with Crippen LogP contribution in [0.4, 0.5) is 5.95 Å². The van der Waals surface area contributed by atoms with Crippen molar-refractivity contribution in [3.05, 3.63) is 66.4 Å². The molecule has 20 heavy (non-hydrogen) atoms. The van der Waals surface area contributed by atoms with Crippen LogP contribution in [0.1, 0.15) is 29.8 Å². The minimum Gasteiger partial charge on any atom is -0.467 e. The van der Waals surface area contributed by atoms with E-state index in [1.807, 2.05) is 22.9 Å². The minimum absolute atomic E-state index is 0.0777. The van der Waals surface area contributed by atoms with Crippen molar-refractivity contribution in [1.29, 1.82) is 0 Å². The molecule has 0 aliphatic carbocycles. The summed E-state index contributed by atoms with van der Waals surface area (Å²) in [5.41, 5.74) is 1.25. The molecular formula is C15H14N4O. The molecule has 0 bridgehead atoms. The van der Waals surface area contributed by atoms with E-state index in [0.29, 0.717) is 0 Å². The number of hydrogen-bond acceptors (Lipinski definition) is 4. The van der Waals surface area contributed by atoms with Gasteiger partial charge in [0.25, 0.3) is 0 Å². The van der Waals surface area contributed by atoms with E-state index in [1.165, 1.54) is 5.56 Å². The molecule has 3 aromatic rings. The highest BCUT2D eigenvalue weighted by Crippen LogP contribution is 2.37. The van der Waals surface area contributed by atoms with Gasteiger partial charge in [0.1, 0.15) is 18.1 Å². The van der Waals surface area contributed by atoms with Crippen LogP contribution < -0.4 is 5.32 Å². The maximum absolute atomic E-state index is 5.57. The standard InChI is InChI=1S/C15H14N4O/c1-2-5-11(6-3-1)12-9-13(14-7-4-8-20-14)19-15(18-12)16-10-17-19/h1-8,10,12-13H,9H2,(H,16,17,18)/t12-,13-/m1/s1. The second-order valence-electron chi connectivity index (χ2n) is 4.90. The Morgan fingerprint density at radius 3 is 2.85 bits per heavy atom. The van der Waals surface area contributed by atoms with Crippen molar-refractivity contribution in [2.45, 2.75) is 18.5 Å². The molecule has 2 atom stereocenters. The highest BCUT2D eigenvalue weighted by Gasteiger charge is 2.31. The number of aromatic nitrogens is 3. The van der Waals surface area contributed by atoms with Crippen molar-refractivity contribution >= 4 is 5.95 Å². The highest BCUT2D eigenvalue weighted by molar-refractivity contribution is 5.36. The maximum Gasteiger partial charge on any atom is 0.222 e. The fourth-order valence-electron chi connectivity index (χ4n) is 2.74. The quantitative estimate of drug-likeness (QED) is 0.774. The first-order valence-corrected chi connectivity index (χ1v) is 6.66. The Bertz CT molecular complexity index is 690. The van der Waals surface area contributed by atoms with Gasteiger partial charge in [-0.1, -0.05) is 30.3 Å². The van der Waals surface area contributed by atoms with Crippen LogP contribution in [0.2, 0.25) is 0 Å². The van der Waals surface area contributed by atoms with E-state index in [1.54, 1.807) is 12.6 Å². The van der Waals surface area contributed by atoms with Gasteiger partial charge in [0, 0.05) is 6.42 Å². The molecule has 0 unspecified atom stereocenters. The molecule has 1 N–H and O–H groups in total. The molecule has 4 rings (SSSR count). The molecule has 1 aliphatic rings. The lowest BCUT2D eigenvalue weighted by Crippen LogP contribution is -2.27. The van der Waals surface area contributed by atoms with E-state index in [2.05, 4.69) is 39.7 Å². The van der Waals surface area contributed by atoms with Crippen LogP contribution >= 0.6 is 0 Å². The first kappa shape index (κ1) is 11.3. The Kier molecular flexibility index (Phi) is 2.55. The number of benzene rings is 1. The zero-order chi connectivity index (χ0) is 13.4. The molecule has 1 aromatic carbocycles. The minimum atomic E-state index is 0.0777. The monoisotopic (exact) mass is 266 g/mol. The van der Waals surface area contributed by atoms with Gasteiger partial charge in [-0.05, 0) is 17.7 Å². The van der Waals surface area contributed by atoms with Crippen molar-refractivity contribution in [1.82, 2.24) is 14.8 Å².